The highest BCUT2D eigenvalue weighted by molar-refractivity contribution is 7.99. The van der Waals surface area contributed by atoms with E-state index in [-0.39, 0.29) is 17.4 Å². The van der Waals surface area contributed by atoms with Crippen LogP contribution >= 0.6 is 11.8 Å². The summed E-state index contributed by atoms with van der Waals surface area (Å²) in [5.41, 5.74) is 1.97. The van der Waals surface area contributed by atoms with Gasteiger partial charge in [-0.25, -0.2) is 4.39 Å². The Balaban J connectivity index is 1.60. The monoisotopic (exact) mass is 446 g/mol. The number of hydrogen-bond donors (Lipinski definition) is 1. The smallest absolute Gasteiger partial charge is 0.234 e. The summed E-state index contributed by atoms with van der Waals surface area (Å²) in [4.78, 5) is 24.4. The van der Waals surface area contributed by atoms with Gasteiger partial charge >= 0.3 is 0 Å². The Morgan fingerprint density at radius 1 is 0.938 bits per heavy atom. The normalized spacial score (nSPS) is 10.7. The van der Waals surface area contributed by atoms with Gasteiger partial charge in [0, 0.05) is 11.3 Å². The summed E-state index contributed by atoms with van der Waals surface area (Å²) in [5.74, 6) is -0.453. The zero-order chi connectivity index (χ0) is 22.5. The predicted molar refractivity (Wildman–Crippen MR) is 123 cm³/mol. The van der Waals surface area contributed by atoms with E-state index in [2.05, 4.69) is 15.5 Å². The number of nitrogens with one attached hydrogen (secondary N) is 1. The number of carbonyl (C=O) groups is 2. The van der Waals surface area contributed by atoms with Crippen LogP contribution in [0, 0.1) is 5.82 Å². The van der Waals surface area contributed by atoms with Gasteiger partial charge in [-0.05, 0) is 43.3 Å². The van der Waals surface area contributed by atoms with Crippen molar-refractivity contribution in [3.8, 4) is 17.1 Å². The molecular formula is C24H19FN4O2S. The summed E-state index contributed by atoms with van der Waals surface area (Å²) >= 11 is 1.17. The van der Waals surface area contributed by atoms with Crippen LogP contribution in [0.25, 0.3) is 17.1 Å². The van der Waals surface area contributed by atoms with Crippen molar-refractivity contribution >= 4 is 29.1 Å². The highest BCUT2D eigenvalue weighted by Gasteiger charge is 2.19. The molecule has 1 N–H and O–H groups in total. The highest BCUT2D eigenvalue weighted by Crippen LogP contribution is 2.29. The number of benzene rings is 3. The number of amides is 1. The minimum absolute atomic E-state index is 0.0362. The van der Waals surface area contributed by atoms with Gasteiger partial charge in [-0.3, -0.25) is 14.2 Å². The van der Waals surface area contributed by atoms with Crippen molar-refractivity contribution in [3.63, 3.8) is 0 Å². The summed E-state index contributed by atoms with van der Waals surface area (Å²) in [5, 5.41) is 11.6. The lowest BCUT2D eigenvalue weighted by molar-refractivity contribution is -0.113. The molecule has 3 aromatic carbocycles. The van der Waals surface area contributed by atoms with E-state index in [1.54, 1.807) is 47.0 Å². The molecule has 0 bridgehead atoms. The maximum Gasteiger partial charge on any atom is 0.234 e. The number of halogens is 1. The van der Waals surface area contributed by atoms with Crippen LogP contribution in [0.4, 0.5) is 10.1 Å². The minimum Gasteiger partial charge on any atom is -0.325 e. The Morgan fingerprint density at radius 2 is 1.62 bits per heavy atom. The van der Waals surface area contributed by atoms with Gasteiger partial charge in [-0.2, -0.15) is 0 Å². The molecule has 0 saturated carbocycles. The van der Waals surface area contributed by atoms with Gasteiger partial charge in [0.2, 0.25) is 5.91 Å². The average molecular weight is 447 g/mol. The third-order valence-electron chi connectivity index (χ3n) is 4.68. The van der Waals surface area contributed by atoms with Crippen LogP contribution in [0.2, 0.25) is 0 Å². The Morgan fingerprint density at radius 3 is 2.38 bits per heavy atom. The second kappa shape index (κ2) is 9.57. The molecule has 0 atom stereocenters. The van der Waals surface area contributed by atoms with E-state index < -0.39 is 5.82 Å². The molecule has 0 unspecified atom stereocenters. The van der Waals surface area contributed by atoms with Crippen LogP contribution in [0.3, 0.4) is 0 Å². The molecule has 4 aromatic rings. The molecule has 0 fully saturated rings. The molecule has 0 radical (unpaired) electrons. The maximum absolute atomic E-state index is 14.5. The lowest BCUT2D eigenvalue weighted by atomic mass is 10.1. The lowest BCUT2D eigenvalue weighted by Gasteiger charge is -2.11. The number of thioether (sulfide) groups is 1. The van der Waals surface area contributed by atoms with Crippen molar-refractivity contribution in [1.82, 2.24) is 14.8 Å². The standard InChI is InChI=1S/C24H19FN4O2S/c1-16(30)18-11-6-8-14-21(18)26-22(31)15-32-24-28-27-23(19-12-5-7-13-20(19)25)29(24)17-9-3-2-4-10-17/h2-14H,15H2,1H3,(H,26,31). The van der Waals surface area contributed by atoms with Crippen LogP contribution in [-0.2, 0) is 4.79 Å². The number of aromatic nitrogens is 3. The number of ketones is 1. The molecule has 0 saturated heterocycles. The fraction of sp³-hybridized carbons (Fsp3) is 0.0833. The molecule has 0 aliphatic carbocycles. The molecule has 160 valence electrons. The number of anilines is 1. The van der Waals surface area contributed by atoms with Gasteiger partial charge in [-0.1, -0.05) is 54.2 Å². The molecule has 1 amide bonds. The minimum atomic E-state index is -0.410. The van der Waals surface area contributed by atoms with E-state index in [4.69, 9.17) is 0 Å². The van der Waals surface area contributed by atoms with Crippen molar-refractivity contribution in [2.75, 3.05) is 11.1 Å². The van der Waals surface area contributed by atoms with Gasteiger partial charge < -0.3 is 5.32 Å². The van der Waals surface area contributed by atoms with Crippen molar-refractivity contribution in [3.05, 3.63) is 90.2 Å². The van der Waals surface area contributed by atoms with Crippen LogP contribution < -0.4 is 5.32 Å². The first-order chi connectivity index (χ1) is 15.5. The van der Waals surface area contributed by atoms with Gasteiger partial charge in [0.1, 0.15) is 5.82 Å². The number of Topliss-reactive ketones (excluding diaryl/α,β-unsaturated/α-hetero) is 1. The molecule has 1 heterocycles. The predicted octanol–water partition coefficient (Wildman–Crippen LogP) is 5.01. The maximum atomic E-state index is 14.5. The van der Waals surface area contributed by atoms with Crippen LogP contribution in [0.1, 0.15) is 17.3 Å². The topological polar surface area (TPSA) is 76.9 Å². The number of hydrogen-bond acceptors (Lipinski definition) is 5. The van der Waals surface area contributed by atoms with Crippen molar-refractivity contribution in [2.24, 2.45) is 0 Å². The number of para-hydroxylation sites is 2. The van der Waals surface area contributed by atoms with Crippen molar-refractivity contribution in [2.45, 2.75) is 12.1 Å². The molecule has 0 aliphatic heterocycles. The molecule has 0 aliphatic rings. The fourth-order valence-electron chi connectivity index (χ4n) is 3.21. The van der Waals surface area contributed by atoms with Crippen LogP contribution in [0.5, 0.6) is 0 Å². The zero-order valence-electron chi connectivity index (χ0n) is 17.2. The number of nitrogens with zero attached hydrogens (tertiary/aromatic N) is 3. The van der Waals surface area contributed by atoms with E-state index in [1.807, 2.05) is 30.3 Å². The largest absolute Gasteiger partial charge is 0.325 e. The summed E-state index contributed by atoms with van der Waals surface area (Å²) < 4.78 is 16.2. The summed E-state index contributed by atoms with van der Waals surface area (Å²) in [7, 11) is 0. The first-order valence-corrected chi connectivity index (χ1v) is 10.8. The second-order valence-electron chi connectivity index (χ2n) is 6.90. The molecule has 4 rings (SSSR count). The third kappa shape index (κ3) is 4.60. The Labute approximate surface area is 188 Å². The molecule has 6 nitrogen and oxygen atoms in total. The van der Waals surface area contributed by atoms with Gasteiger partial charge in [0.05, 0.1) is 17.0 Å². The highest BCUT2D eigenvalue weighted by atomic mass is 32.2. The van der Waals surface area contributed by atoms with Crippen molar-refractivity contribution in [1.29, 1.82) is 0 Å². The molecular weight excluding hydrogens is 427 g/mol. The first-order valence-electron chi connectivity index (χ1n) is 9.83. The van der Waals surface area contributed by atoms with Crippen LogP contribution in [-0.4, -0.2) is 32.2 Å². The zero-order valence-corrected chi connectivity index (χ0v) is 18.0. The molecule has 8 heteroatoms. The summed E-state index contributed by atoms with van der Waals surface area (Å²) in [6.45, 7) is 1.45. The second-order valence-corrected chi connectivity index (χ2v) is 7.84. The van der Waals surface area contributed by atoms with E-state index in [0.29, 0.717) is 27.8 Å². The lowest BCUT2D eigenvalue weighted by Crippen LogP contribution is -2.16. The first kappa shape index (κ1) is 21.5. The molecule has 1 aromatic heterocycles. The average Bonchev–Trinajstić information content (AvgIpc) is 3.22. The summed E-state index contributed by atoms with van der Waals surface area (Å²) in [6.07, 6.45) is 0. The van der Waals surface area contributed by atoms with Crippen LogP contribution in [0.15, 0.2) is 84.0 Å². The Kier molecular flexibility index (Phi) is 6.42. The van der Waals surface area contributed by atoms with E-state index >= 15 is 0 Å². The third-order valence-corrected chi connectivity index (χ3v) is 5.60. The van der Waals surface area contributed by atoms with Gasteiger partial charge in [0.25, 0.3) is 0 Å². The number of rotatable bonds is 7. The molecule has 0 spiro atoms. The van der Waals surface area contributed by atoms with E-state index in [1.165, 1.54) is 24.8 Å². The SMILES string of the molecule is CC(=O)c1ccccc1NC(=O)CSc1nnc(-c2ccccc2F)n1-c1ccccc1. The van der Waals surface area contributed by atoms with E-state index in [9.17, 15) is 14.0 Å². The van der Waals surface area contributed by atoms with Gasteiger partial charge in [0.15, 0.2) is 16.8 Å². The van der Waals surface area contributed by atoms with Gasteiger partial charge in [-0.15, -0.1) is 10.2 Å². The molecule has 32 heavy (non-hydrogen) atoms. The van der Waals surface area contributed by atoms with E-state index in [0.717, 1.165) is 5.69 Å². The Hall–Kier alpha value is -3.78. The quantitative estimate of drug-likeness (QED) is 0.319. The number of carbonyl (C=O) groups excluding carboxylic acids is 2. The summed E-state index contributed by atoms with van der Waals surface area (Å²) in [6, 6.07) is 22.5. The van der Waals surface area contributed by atoms with Crippen molar-refractivity contribution < 1.29 is 14.0 Å². The Bertz CT molecular complexity index is 1270. The fourth-order valence-corrected chi connectivity index (χ4v) is 3.96.